The van der Waals surface area contributed by atoms with Gasteiger partial charge in [0.2, 0.25) is 0 Å². The van der Waals surface area contributed by atoms with Gasteiger partial charge in [0, 0.05) is 7.11 Å². The molecule has 0 radical (unpaired) electrons. The lowest BCUT2D eigenvalue weighted by atomic mass is 9.78. The molecule has 1 saturated carbocycles. The van der Waals surface area contributed by atoms with Crippen LogP contribution in [0.15, 0.2) is 60.7 Å². The first-order valence-corrected chi connectivity index (χ1v) is 10.3. The molecule has 28 heavy (non-hydrogen) atoms. The maximum Gasteiger partial charge on any atom is 0.343 e. The number of methoxy groups -OCH3 is 1. The lowest BCUT2D eigenvalue weighted by Crippen LogP contribution is -2.13. The lowest BCUT2D eigenvalue weighted by Gasteiger charge is -2.27. The molecule has 0 aromatic heterocycles. The predicted molar refractivity (Wildman–Crippen MR) is 113 cm³/mol. The SMILES string of the molecule is CCc1ccc(OC(=O)c2ccc(C3CCC(/C=C/COC)CC3)cc2)cc1. The fourth-order valence-corrected chi connectivity index (χ4v) is 3.84. The molecule has 2 aromatic carbocycles. The number of rotatable bonds is 7. The maximum absolute atomic E-state index is 12.4. The van der Waals surface area contributed by atoms with Gasteiger partial charge < -0.3 is 9.47 Å². The van der Waals surface area contributed by atoms with E-state index in [9.17, 15) is 4.79 Å². The average Bonchev–Trinajstić information content (AvgIpc) is 2.75. The van der Waals surface area contributed by atoms with Crippen LogP contribution in [-0.4, -0.2) is 19.7 Å². The molecule has 1 aliphatic rings. The smallest absolute Gasteiger partial charge is 0.343 e. The molecule has 0 aliphatic heterocycles. The van der Waals surface area contributed by atoms with Crippen molar-refractivity contribution < 1.29 is 14.3 Å². The van der Waals surface area contributed by atoms with Crippen LogP contribution in [0.2, 0.25) is 0 Å². The molecule has 3 heteroatoms. The standard InChI is InChI=1S/C25H30O3/c1-3-19-8-16-24(17-9-19)28-25(26)23-14-12-22(13-15-23)21-10-6-20(7-11-21)5-4-18-27-2/h4-5,8-9,12-17,20-21H,3,6-7,10-11,18H2,1-2H3/b5-4+. The van der Waals surface area contributed by atoms with E-state index in [1.165, 1.54) is 36.8 Å². The second kappa shape index (κ2) is 10.2. The topological polar surface area (TPSA) is 35.5 Å². The van der Waals surface area contributed by atoms with Crippen molar-refractivity contribution in [2.75, 3.05) is 13.7 Å². The van der Waals surface area contributed by atoms with Crippen LogP contribution in [0.25, 0.3) is 0 Å². The van der Waals surface area contributed by atoms with E-state index in [0.717, 1.165) is 6.42 Å². The number of hydrogen-bond donors (Lipinski definition) is 0. The summed E-state index contributed by atoms with van der Waals surface area (Å²) in [6.07, 6.45) is 10.2. The van der Waals surface area contributed by atoms with Crippen molar-refractivity contribution >= 4 is 5.97 Å². The summed E-state index contributed by atoms with van der Waals surface area (Å²) < 4.78 is 10.6. The molecular formula is C25H30O3. The monoisotopic (exact) mass is 378 g/mol. The summed E-state index contributed by atoms with van der Waals surface area (Å²) in [6, 6.07) is 15.6. The van der Waals surface area contributed by atoms with Gasteiger partial charge in [-0.05, 0) is 79.3 Å². The predicted octanol–water partition coefficient (Wildman–Crippen LogP) is 5.94. The zero-order valence-corrected chi connectivity index (χ0v) is 16.9. The molecule has 148 valence electrons. The Balaban J connectivity index is 1.53. The summed E-state index contributed by atoms with van der Waals surface area (Å²) in [5.74, 6) is 1.53. The Hall–Kier alpha value is -2.39. The average molecular weight is 379 g/mol. The van der Waals surface area contributed by atoms with Crippen molar-refractivity contribution in [3.8, 4) is 5.75 Å². The van der Waals surface area contributed by atoms with Gasteiger partial charge >= 0.3 is 5.97 Å². The van der Waals surface area contributed by atoms with Crippen LogP contribution in [-0.2, 0) is 11.2 Å². The van der Waals surface area contributed by atoms with Crippen molar-refractivity contribution in [2.24, 2.45) is 5.92 Å². The van der Waals surface area contributed by atoms with E-state index >= 15 is 0 Å². The normalized spacial score (nSPS) is 19.6. The van der Waals surface area contributed by atoms with Gasteiger partial charge in [0.1, 0.15) is 5.75 Å². The number of benzene rings is 2. The molecule has 0 amide bonds. The molecule has 0 heterocycles. The largest absolute Gasteiger partial charge is 0.423 e. The Kier molecular flexibility index (Phi) is 7.44. The minimum atomic E-state index is -0.303. The van der Waals surface area contributed by atoms with Gasteiger partial charge in [-0.3, -0.25) is 0 Å². The lowest BCUT2D eigenvalue weighted by molar-refractivity contribution is 0.0734. The third-order valence-electron chi connectivity index (χ3n) is 5.60. The molecule has 0 bridgehead atoms. The summed E-state index contributed by atoms with van der Waals surface area (Å²) >= 11 is 0. The number of carbonyl (C=O) groups is 1. The Labute approximate surface area is 168 Å². The van der Waals surface area contributed by atoms with E-state index < -0.39 is 0 Å². The highest BCUT2D eigenvalue weighted by molar-refractivity contribution is 5.91. The Morgan fingerprint density at radius 3 is 2.29 bits per heavy atom. The van der Waals surface area contributed by atoms with Crippen LogP contribution >= 0.6 is 0 Å². The van der Waals surface area contributed by atoms with E-state index in [2.05, 4.69) is 31.2 Å². The first kappa shape index (κ1) is 20.3. The van der Waals surface area contributed by atoms with Crippen LogP contribution in [0, 0.1) is 5.92 Å². The number of carbonyl (C=O) groups excluding carboxylic acids is 1. The van der Waals surface area contributed by atoms with E-state index in [1.807, 2.05) is 36.4 Å². The quantitative estimate of drug-likeness (QED) is 0.339. The first-order valence-electron chi connectivity index (χ1n) is 10.3. The molecular weight excluding hydrogens is 348 g/mol. The highest BCUT2D eigenvalue weighted by Gasteiger charge is 2.21. The zero-order valence-electron chi connectivity index (χ0n) is 16.9. The van der Waals surface area contributed by atoms with Crippen molar-refractivity contribution in [1.29, 1.82) is 0 Å². The molecule has 0 saturated heterocycles. The van der Waals surface area contributed by atoms with Gasteiger partial charge in [-0.25, -0.2) is 4.79 Å². The maximum atomic E-state index is 12.4. The third kappa shape index (κ3) is 5.56. The highest BCUT2D eigenvalue weighted by Crippen LogP contribution is 2.36. The van der Waals surface area contributed by atoms with Gasteiger partial charge in [-0.1, -0.05) is 43.3 Å². The second-order valence-corrected chi connectivity index (χ2v) is 7.50. The van der Waals surface area contributed by atoms with E-state index in [-0.39, 0.29) is 5.97 Å². The number of aryl methyl sites for hydroxylation is 1. The molecule has 0 N–H and O–H groups in total. The van der Waals surface area contributed by atoms with Gasteiger partial charge in [0.25, 0.3) is 0 Å². The van der Waals surface area contributed by atoms with Crippen LogP contribution in [0.4, 0.5) is 0 Å². The molecule has 0 unspecified atom stereocenters. The van der Waals surface area contributed by atoms with E-state index in [4.69, 9.17) is 9.47 Å². The minimum Gasteiger partial charge on any atom is -0.423 e. The van der Waals surface area contributed by atoms with Gasteiger partial charge in [0.05, 0.1) is 12.2 Å². The van der Waals surface area contributed by atoms with Gasteiger partial charge in [0.15, 0.2) is 0 Å². The molecule has 0 atom stereocenters. The fraction of sp³-hybridized carbons (Fsp3) is 0.400. The minimum absolute atomic E-state index is 0.303. The zero-order chi connectivity index (χ0) is 19.8. The Bertz CT molecular complexity index is 766. The summed E-state index contributed by atoms with van der Waals surface area (Å²) in [6.45, 7) is 2.80. The van der Waals surface area contributed by atoms with E-state index in [1.54, 1.807) is 7.11 Å². The first-order chi connectivity index (χ1) is 13.7. The van der Waals surface area contributed by atoms with Crippen LogP contribution in [0.3, 0.4) is 0 Å². The van der Waals surface area contributed by atoms with Crippen molar-refractivity contribution in [2.45, 2.75) is 44.9 Å². The molecule has 0 spiro atoms. The Morgan fingerprint density at radius 2 is 1.68 bits per heavy atom. The van der Waals surface area contributed by atoms with Crippen LogP contribution in [0.1, 0.15) is 60.0 Å². The Morgan fingerprint density at radius 1 is 1.00 bits per heavy atom. The van der Waals surface area contributed by atoms with Gasteiger partial charge in [-0.15, -0.1) is 0 Å². The summed E-state index contributed by atoms with van der Waals surface area (Å²) in [7, 11) is 1.72. The molecule has 2 aromatic rings. The third-order valence-corrected chi connectivity index (χ3v) is 5.60. The number of esters is 1. The summed E-state index contributed by atoms with van der Waals surface area (Å²) in [5, 5.41) is 0. The van der Waals surface area contributed by atoms with Gasteiger partial charge in [-0.2, -0.15) is 0 Å². The fourth-order valence-electron chi connectivity index (χ4n) is 3.84. The highest BCUT2D eigenvalue weighted by atomic mass is 16.5. The van der Waals surface area contributed by atoms with Crippen molar-refractivity contribution in [3.05, 3.63) is 77.4 Å². The molecule has 1 aliphatic carbocycles. The van der Waals surface area contributed by atoms with Crippen molar-refractivity contribution in [1.82, 2.24) is 0 Å². The second-order valence-electron chi connectivity index (χ2n) is 7.50. The van der Waals surface area contributed by atoms with Crippen LogP contribution in [0.5, 0.6) is 5.75 Å². The number of hydrogen-bond acceptors (Lipinski definition) is 3. The molecule has 3 nitrogen and oxygen atoms in total. The van der Waals surface area contributed by atoms with E-state index in [0.29, 0.717) is 29.8 Å². The molecule has 1 fully saturated rings. The van der Waals surface area contributed by atoms with Crippen LogP contribution < -0.4 is 4.74 Å². The number of allylic oxidation sites excluding steroid dienone is 1. The number of ether oxygens (including phenoxy) is 2. The summed E-state index contributed by atoms with van der Waals surface area (Å²) in [4.78, 5) is 12.4. The van der Waals surface area contributed by atoms with Crippen molar-refractivity contribution in [3.63, 3.8) is 0 Å². The molecule has 3 rings (SSSR count). The summed E-state index contributed by atoms with van der Waals surface area (Å²) in [5.41, 5.74) is 3.15.